The zero-order valence-corrected chi connectivity index (χ0v) is 11.8. The van der Waals surface area contributed by atoms with Gasteiger partial charge in [-0.15, -0.1) is 11.3 Å². The van der Waals surface area contributed by atoms with E-state index in [0.717, 1.165) is 16.1 Å². The van der Waals surface area contributed by atoms with Crippen molar-refractivity contribution in [3.63, 3.8) is 0 Å². The molecule has 0 aliphatic heterocycles. The zero-order valence-electron chi connectivity index (χ0n) is 11.0. The summed E-state index contributed by atoms with van der Waals surface area (Å²) in [4.78, 5) is 12.6. The first-order valence-corrected chi connectivity index (χ1v) is 6.91. The van der Waals surface area contributed by atoms with Gasteiger partial charge in [0.05, 0.1) is 25.8 Å². The fourth-order valence-electron chi connectivity index (χ4n) is 1.80. The number of thiophene rings is 1. The van der Waals surface area contributed by atoms with E-state index >= 15 is 0 Å². The van der Waals surface area contributed by atoms with Crippen molar-refractivity contribution in [1.29, 1.82) is 0 Å². The van der Waals surface area contributed by atoms with E-state index in [1.165, 1.54) is 7.11 Å². The van der Waals surface area contributed by atoms with Crippen LogP contribution >= 0.6 is 11.3 Å². The number of carbonyl (C=O) groups excluding carboxylic acids is 1. The van der Waals surface area contributed by atoms with Gasteiger partial charge in [-0.25, -0.2) is 0 Å². The Morgan fingerprint density at radius 3 is 3.05 bits per heavy atom. The molecule has 0 radical (unpaired) electrons. The van der Waals surface area contributed by atoms with Gasteiger partial charge in [0.1, 0.15) is 0 Å². The molecule has 0 spiro atoms. The van der Waals surface area contributed by atoms with Crippen molar-refractivity contribution in [2.75, 3.05) is 7.11 Å². The average molecular weight is 279 g/mol. The maximum Gasteiger partial charge on any atom is 0.307 e. The molecular weight excluding hydrogens is 262 g/mol. The van der Waals surface area contributed by atoms with E-state index in [0.29, 0.717) is 13.0 Å². The van der Waals surface area contributed by atoms with E-state index < -0.39 is 0 Å². The van der Waals surface area contributed by atoms with Gasteiger partial charge in [0, 0.05) is 22.7 Å². The number of hydrogen-bond donors (Lipinski definition) is 2. The Balaban J connectivity index is 2.02. The normalized spacial score (nSPS) is 12.3. The highest BCUT2D eigenvalue weighted by Gasteiger charge is 2.17. The van der Waals surface area contributed by atoms with Crippen LogP contribution in [0.5, 0.6) is 0 Å². The van der Waals surface area contributed by atoms with Crippen molar-refractivity contribution in [2.45, 2.75) is 25.9 Å². The molecule has 0 aliphatic carbocycles. The van der Waals surface area contributed by atoms with Crippen molar-refractivity contribution < 1.29 is 9.53 Å². The molecule has 0 saturated carbocycles. The number of aromatic amines is 1. The molecular formula is C13H17N3O2S. The largest absolute Gasteiger partial charge is 0.469 e. The summed E-state index contributed by atoms with van der Waals surface area (Å²) in [6.07, 6.45) is 2.12. The van der Waals surface area contributed by atoms with Gasteiger partial charge in [0.15, 0.2) is 0 Å². The van der Waals surface area contributed by atoms with E-state index in [-0.39, 0.29) is 12.0 Å². The Morgan fingerprint density at radius 1 is 1.63 bits per heavy atom. The van der Waals surface area contributed by atoms with Gasteiger partial charge in [0.2, 0.25) is 0 Å². The van der Waals surface area contributed by atoms with E-state index in [9.17, 15) is 4.79 Å². The lowest BCUT2D eigenvalue weighted by Crippen LogP contribution is -2.23. The number of carbonyl (C=O) groups is 1. The Kier molecular flexibility index (Phi) is 4.70. The smallest absolute Gasteiger partial charge is 0.307 e. The second-order valence-corrected chi connectivity index (χ2v) is 5.23. The number of methoxy groups -OCH3 is 1. The molecule has 2 aromatic heterocycles. The zero-order chi connectivity index (χ0) is 13.7. The highest BCUT2D eigenvalue weighted by molar-refractivity contribution is 7.10. The third-order valence-corrected chi connectivity index (χ3v) is 3.94. The number of nitrogens with one attached hydrogen (secondary N) is 2. The fraction of sp³-hybridized carbons (Fsp3) is 0.385. The molecule has 0 saturated heterocycles. The Labute approximate surface area is 116 Å². The van der Waals surface area contributed by atoms with Gasteiger partial charge in [-0.05, 0) is 18.4 Å². The molecule has 102 valence electrons. The quantitative estimate of drug-likeness (QED) is 0.795. The van der Waals surface area contributed by atoms with E-state index in [4.69, 9.17) is 4.74 Å². The van der Waals surface area contributed by atoms with Crippen molar-refractivity contribution >= 4 is 17.3 Å². The highest BCUT2D eigenvalue weighted by atomic mass is 32.1. The first-order valence-electron chi connectivity index (χ1n) is 6.03. The lowest BCUT2D eigenvalue weighted by molar-refractivity contribution is -0.141. The molecule has 6 heteroatoms. The first kappa shape index (κ1) is 13.8. The topological polar surface area (TPSA) is 67.0 Å². The summed E-state index contributed by atoms with van der Waals surface area (Å²) in [5.41, 5.74) is 2.14. The Hall–Kier alpha value is -1.66. The average Bonchev–Trinajstić information content (AvgIpc) is 3.06. The number of H-pyrrole nitrogens is 1. The van der Waals surface area contributed by atoms with Crippen molar-refractivity contribution in [3.05, 3.63) is 39.8 Å². The van der Waals surface area contributed by atoms with Gasteiger partial charge in [-0.1, -0.05) is 6.07 Å². The van der Waals surface area contributed by atoms with E-state index in [1.54, 1.807) is 17.5 Å². The van der Waals surface area contributed by atoms with Crippen LogP contribution in [0.4, 0.5) is 0 Å². The highest BCUT2D eigenvalue weighted by Crippen LogP contribution is 2.23. The van der Waals surface area contributed by atoms with Crippen molar-refractivity contribution in [3.8, 4) is 0 Å². The second kappa shape index (κ2) is 6.49. The standard InChI is InChI=1S/C13H17N3O2S/c1-9-10(8-15-16-9)7-14-11(6-13(17)18-2)12-4-3-5-19-12/h3-5,8,11,14H,6-7H2,1-2H3,(H,15,16). The molecule has 2 rings (SSSR count). The Bertz CT molecular complexity index is 522. The lowest BCUT2D eigenvalue weighted by Gasteiger charge is -2.16. The maximum absolute atomic E-state index is 11.5. The summed E-state index contributed by atoms with van der Waals surface area (Å²) in [6, 6.07) is 3.98. The molecule has 0 aromatic carbocycles. The molecule has 2 N–H and O–H groups in total. The summed E-state index contributed by atoms with van der Waals surface area (Å²) in [5.74, 6) is -0.213. The first-order chi connectivity index (χ1) is 9.20. The minimum Gasteiger partial charge on any atom is -0.469 e. The molecule has 2 aromatic rings. The van der Waals surface area contributed by atoms with Gasteiger partial charge >= 0.3 is 5.97 Å². The van der Waals surface area contributed by atoms with Crippen LogP contribution < -0.4 is 5.32 Å². The third-order valence-electron chi connectivity index (χ3n) is 2.96. The van der Waals surface area contributed by atoms with Gasteiger partial charge in [-0.2, -0.15) is 5.10 Å². The second-order valence-electron chi connectivity index (χ2n) is 4.25. The molecule has 1 atom stereocenters. The number of aromatic nitrogens is 2. The monoisotopic (exact) mass is 279 g/mol. The fourth-order valence-corrected chi connectivity index (χ4v) is 2.60. The Morgan fingerprint density at radius 2 is 2.47 bits per heavy atom. The van der Waals surface area contributed by atoms with Crippen LogP contribution in [-0.2, 0) is 16.1 Å². The summed E-state index contributed by atoms with van der Waals surface area (Å²) in [6.45, 7) is 2.65. The molecule has 2 heterocycles. The molecule has 0 bridgehead atoms. The van der Waals surface area contributed by atoms with Crippen LogP contribution in [-0.4, -0.2) is 23.3 Å². The summed E-state index contributed by atoms with van der Waals surface area (Å²) in [7, 11) is 1.41. The predicted octanol–water partition coefficient (Wildman–Crippen LogP) is 2.17. The molecule has 19 heavy (non-hydrogen) atoms. The number of aryl methyl sites for hydroxylation is 1. The maximum atomic E-state index is 11.5. The predicted molar refractivity (Wildman–Crippen MR) is 73.9 cm³/mol. The van der Waals surface area contributed by atoms with Crippen LogP contribution in [0.1, 0.15) is 28.6 Å². The van der Waals surface area contributed by atoms with Crippen LogP contribution in [0.2, 0.25) is 0 Å². The van der Waals surface area contributed by atoms with Crippen molar-refractivity contribution in [1.82, 2.24) is 15.5 Å². The number of ether oxygens (including phenoxy) is 1. The van der Waals surface area contributed by atoms with Crippen LogP contribution in [0.15, 0.2) is 23.7 Å². The van der Waals surface area contributed by atoms with Gasteiger partial charge in [-0.3, -0.25) is 9.89 Å². The van der Waals surface area contributed by atoms with Gasteiger partial charge in [0.25, 0.3) is 0 Å². The molecule has 5 nitrogen and oxygen atoms in total. The number of esters is 1. The van der Waals surface area contributed by atoms with Crippen molar-refractivity contribution in [2.24, 2.45) is 0 Å². The van der Waals surface area contributed by atoms with Crippen LogP contribution in [0, 0.1) is 6.92 Å². The number of hydrogen-bond acceptors (Lipinski definition) is 5. The minimum atomic E-state index is -0.213. The summed E-state index contributed by atoms with van der Waals surface area (Å²) in [5, 5.41) is 12.3. The molecule has 1 unspecified atom stereocenters. The molecule has 0 fully saturated rings. The minimum absolute atomic E-state index is 0.0262. The third kappa shape index (κ3) is 3.65. The summed E-state index contributed by atoms with van der Waals surface area (Å²) >= 11 is 1.63. The SMILES string of the molecule is COC(=O)CC(NCc1cn[nH]c1C)c1cccs1. The molecule has 0 aliphatic rings. The number of nitrogens with zero attached hydrogens (tertiary/aromatic N) is 1. The van der Waals surface area contributed by atoms with Gasteiger partial charge < -0.3 is 10.1 Å². The van der Waals surface area contributed by atoms with E-state index in [1.807, 2.05) is 24.4 Å². The summed E-state index contributed by atoms with van der Waals surface area (Å²) < 4.78 is 4.75. The number of rotatable bonds is 6. The van der Waals surface area contributed by atoms with Crippen LogP contribution in [0.3, 0.4) is 0 Å². The van der Waals surface area contributed by atoms with Crippen LogP contribution in [0.25, 0.3) is 0 Å². The van der Waals surface area contributed by atoms with E-state index in [2.05, 4.69) is 15.5 Å². The lowest BCUT2D eigenvalue weighted by atomic mass is 10.1. The molecule has 0 amide bonds.